The summed E-state index contributed by atoms with van der Waals surface area (Å²) in [7, 11) is 0. The van der Waals surface area contributed by atoms with E-state index in [9.17, 15) is 9.59 Å². The first-order valence-electron chi connectivity index (χ1n) is 12.1. The highest BCUT2D eigenvalue weighted by Gasteiger charge is 2.51. The van der Waals surface area contributed by atoms with Crippen LogP contribution in [0.4, 0.5) is 0 Å². The van der Waals surface area contributed by atoms with Gasteiger partial charge in [-0.3, -0.25) is 9.59 Å². The van der Waals surface area contributed by atoms with Crippen LogP contribution in [0.3, 0.4) is 0 Å². The van der Waals surface area contributed by atoms with E-state index < -0.39 is 0 Å². The first-order chi connectivity index (χ1) is 13.7. The minimum absolute atomic E-state index is 0.0271. The Labute approximate surface area is 177 Å². The van der Waals surface area contributed by atoms with Crippen molar-refractivity contribution in [3.8, 4) is 0 Å². The minimum Gasteiger partial charge on any atom is -0.462 e. The van der Waals surface area contributed by atoms with Gasteiger partial charge in [-0.2, -0.15) is 0 Å². The van der Waals surface area contributed by atoms with Gasteiger partial charge in [0, 0.05) is 13.3 Å². The van der Waals surface area contributed by atoms with E-state index >= 15 is 0 Å². The van der Waals surface area contributed by atoms with Gasteiger partial charge in [0.25, 0.3) is 0 Å². The molecule has 4 heteroatoms. The van der Waals surface area contributed by atoms with Crippen LogP contribution in [0.5, 0.6) is 0 Å². The fourth-order valence-electron chi connectivity index (χ4n) is 6.78. The van der Waals surface area contributed by atoms with Gasteiger partial charge < -0.3 is 9.47 Å². The van der Waals surface area contributed by atoms with E-state index in [0.717, 1.165) is 61.2 Å². The van der Waals surface area contributed by atoms with Crippen molar-refractivity contribution < 1.29 is 19.1 Å². The lowest BCUT2D eigenvalue weighted by Gasteiger charge is -2.31. The van der Waals surface area contributed by atoms with Gasteiger partial charge in [0.2, 0.25) is 0 Å². The van der Waals surface area contributed by atoms with Gasteiger partial charge in [0.15, 0.2) is 0 Å². The molecule has 0 aliphatic heterocycles. The normalized spacial score (nSPS) is 44.3. The van der Waals surface area contributed by atoms with Crippen molar-refractivity contribution in [2.24, 2.45) is 47.3 Å². The summed E-state index contributed by atoms with van der Waals surface area (Å²) >= 11 is 0. The number of unbranched alkanes of at least 4 members (excludes halogenated alkanes) is 1. The second-order valence-electron chi connectivity index (χ2n) is 10.5. The lowest BCUT2D eigenvalue weighted by atomic mass is 9.80. The number of carbonyl (C=O) groups excluding carboxylic acids is 2. The molecule has 4 aliphatic carbocycles. The standard InChI is InChI=1S/C14H24O2.C11H18O2/c1-4-5-6-14(15)16-13-8-11-7-12(13)10(3)9(11)2;1-6-7(2)10-4-9(6)5-11(10)13-8(3)12/h9-13H,4-8H2,1-3H3;6-7,9-11H,4-5H2,1-3H3. The SMILES string of the molecule is CC(=O)OC1CC2CC1C(C)C2C.CCCCC(=O)OC1CC2CC1C(C)C2C. The van der Waals surface area contributed by atoms with Gasteiger partial charge in [0.1, 0.15) is 12.2 Å². The Hall–Kier alpha value is -1.06. The Kier molecular flexibility index (Phi) is 7.32. The van der Waals surface area contributed by atoms with Crippen molar-refractivity contribution in [2.45, 2.75) is 98.7 Å². The van der Waals surface area contributed by atoms with Gasteiger partial charge in [-0.15, -0.1) is 0 Å². The van der Waals surface area contributed by atoms with Gasteiger partial charge in [0.05, 0.1) is 0 Å². The number of ether oxygens (including phenoxy) is 2. The molecule has 0 spiro atoms. The van der Waals surface area contributed by atoms with Crippen LogP contribution < -0.4 is 0 Å². The van der Waals surface area contributed by atoms with Crippen LogP contribution in [0.25, 0.3) is 0 Å². The summed E-state index contributed by atoms with van der Waals surface area (Å²) in [5, 5.41) is 0. The van der Waals surface area contributed by atoms with Crippen LogP contribution in [-0.4, -0.2) is 24.1 Å². The Bertz CT molecular complexity index is 583. The van der Waals surface area contributed by atoms with Gasteiger partial charge in [-0.05, 0) is 79.4 Å². The van der Waals surface area contributed by atoms with E-state index in [1.165, 1.54) is 19.8 Å². The molecule has 0 N–H and O–H groups in total. The third-order valence-corrected chi connectivity index (χ3v) is 9.01. The zero-order valence-corrected chi connectivity index (χ0v) is 19.4. The predicted molar refractivity (Wildman–Crippen MR) is 114 cm³/mol. The fourth-order valence-corrected chi connectivity index (χ4v) is 6.78. The summed E-state index contributed by atoms with van der Waals surface area (Å²) in [5.74, 6) is 5.96. The van der Waals surface area contributed by atoms with E-state index in [4.69, 9.17) is 9.47 Å². The average Bonchev–Trinajstić information content (AvgIpc) is 3.39. The molecule has 0 radical (unpaired) electrons. The molecule has 10 atom stereocenters. The first kappa shape index (κ1) is 22.6. The molecule has 0 heterocycles. The van der Waals surface area contributed by atoms with E-state index in [1.807, 2.05) is 0 Å². The number of hydrogen-bond acceptors (Lipinski definition) is 4. The fraction of sp³-hybridized carbons (Fsp3) is 0.920. The molecule has 4 aliphatic rings. The largest absolute Gasteiger partial charge is 0.462 e. The number of carbonyl (C=O) groups is 2. The van der Waals surface area contributed by atoms with Crippen LogP contribution in [0, 0.1) is 47.3 Å². The maximum Gasteiger partial charge on any atom is 0.306 e. The van der Waals surface area contributed by atoms with Crippen LogP contribution in [0.2, 0.25) is 0 Å². The van der Waals surface area contributed by atoms with Crippen molar-refractivity contribution in [3.05, 3.63) is 0 Å². The molecule has 4 rings (SSSR count). The number of rotatable bonds is 5. The highest BCUT2D eigenvalue weighted by atomic mass is 16.5. The summed E-state index contributed by atoms with van der Waals surface area (Å²) < 4.78 is 11.0. The zero-order valence-electron chi connectivity index (χ0n) is 19.4. The summed E-state index contributed by atoms with van der Waals surface area (Å²) in [4.78, 5) is 22.4. The summed E-state index contributed by atoms with van der Waals surface area (Å²) in [6, 6.07) is 0. The molecule has 0 saturated heterocycles. The molecular formula is C25H42O4. The highest BCUT2D eigenvalue weighted by molar-refractivity contribution is 5.69. The van der Waals surface area contributed by atoms with E-state index in [1.54, 1.807) is 0 Å². The predicted octanol–water partition coefficient (Wildman–Crippen LogP) is 5.63. The molecule has 4 saturated carbocycles. The summed E-state index contributed by atoms with van der Waals surface area (Å²) in [6.07, 6.45) is 7.89. The molecule has 4 bridgehead atoms. The molecule has 0 amide bonds. The third-order valence-electron chi connectivity index (χ3n) is 9.01. The first-order valence-corrected chi connectivity index (χ1v) is 12.1. The molecule has 4 fully saturated rings. The Morgan fingerprint density at radius 1 is 0.759 bits per heavy atom. The van der Waals surface area contributed by atoms with E-state index in [0.29, 0.717) is 18.3 Å². The Balaban J connectivity index is 0.000000169. The van der Waals surface area contributed by atoms with Crippen LogP contribution in [0.15, 0.2) is 0 Å². The Morgan fingerprint density at radius 3 is 1.62 bits per heavy atom. The molecule has 0 aromatic carbocycles. The molecule has 166 valence electrons. The molecule has 29 heavy (non-hydrogen) atoms. The lowest BCUT2D eigenvalue weighted by Crippen LogP contribution is -2.32. The van der Waals surface area contributed by atoms with Crippen molar-refractivity contribution >= 4 is 11.9 Å². The molecular weight excluding hydrogens is 364 g/mol. The second-order valence-corrected chi connectivity index (χ2v) is 10.5. The van der Waals surface area contributed by atoms with E-state index in [2.05, 4.69) is 34.6 Å². The van der Waals surface area contributed by atoms with Crippen LogP contribution in [0.1, 0.15) is 86.5 Å². The summed E-state index contributed by atoms with van der Waals surface area (Å²) in [5.41, 5.74) is 0. The summed E-state index contributed by atoms with van der Waals surface area (Å²) in [6.45, 7) is 12.9. The minimum atomic E-state index is -0.114. The van der Waals surface area contributed by atoms with Crippen molar-refractivity contribution in [3.63, 3.8) is 0 Å². The quantitative estimate of drug-likeness (QED) is 0.555. The smallest absolute Gasteiger partial charge is 0.306 e. The third kappa shape index (κ3) is 4.82. The Morgan fingerprint density at radius 2 is 1.24 bits per heavy atom. The van der Waals surface area contributed by atoms with Crippen molar-refractivity contribution in [1.82, 2.24) is 0 Å². The molecule has 0 aromatic heterocycles. The molecule has 4 nitrogen and oxygen atoms in total. The van der Waals surface area contributed by atoms with Gasteiger partial charge in [-0.25, -0.2) is 0 Å². The lowest BCUT2D eigenvalue weighted by molar-refractivity contribution is -0.153. The van der Waals surface area contributed by atoms with E-state index in [-0.39, 0.29) is 24.1 Å². The maximum absolute atomic E-state index is 11.6. The number of esters is 2. The topological polar surface area (TPSA) is 52.6 Å². The number of fused-ring (bicyclic) bond motifs is 4. The average molecular weight is 407 g/mol. The van der Waals surface area contributed by atoms with Gasteiger partial charge in [-0.1, -0.05) is 41.0 Å². The zero-order chi connectivity index (χ0) is 21.3. The molecule has 10 unspecified atom stereocenters. The number of hydrogen-bond donors (Lipinski definition) is 0. The monoisotopic (exact) mass is 406 g/mol. The van der Waals surface area contributed by atoms with Crippen LogP contribution in [-0.2, 0) is 19.1 Å². The van der Waals surface area contributed by atoms with Crippen LogP contribution >= 0.6 is 0 Å². The maximum atomic E-state index is 11.6. The van der Waals surface area contributed by atoms with Gasteiger partial charge >= 0.3 is 11.9 Å². The highest BCUT2D eigenvalue weighted by Crippen LogP contribution is 2.53. The van der Waals surface area contributed by atoms with Crippen molar-refractivity contribution in [2.75, 3.05) is 0 Å². The second kappa shape index (κ2) is 9.39. The van der Waals surface area contributed by atoms with Crippen molar-refractivity contribution in [1.29, 1.82) is 0 Å². The molecule has 0 aromatic rings.